The van der Waals surface area contributed by atoms with Crippen LogP contribution in [0.5, 0.6) is 0 Å². The van der Waals surface area contributed by atoms with Gasteiger partial charge in [-0.3, -0.25) is 15.0 Å². The molecule has 1 aliphatic rings. The number of aryl methyl sites for hydroxylation is 1. The van der Waals surface area contributed by atoms with E-state index in [4.69, 9.17) is 0 Å². The van der Waals surface area contributed by atoms with Gasteiger partial charge in [-0.25, -0.2) is 9.78 Å². The number of aromatic amines is 1. The molecule has 28 heavy (non-hydrogen) atoms. The van der Waals surface area contributed by atoms with E-state index in [1.165, 1.54) is 11.8 Å². The molecule has 9 heteroatoms. The van der Waals surface area contributed by atoms with E-state index in [9.17, 15) is 14.4 Å². The van der Waals surface area contributed by atoms with Gasteiger partial charge in [-0.05, 0) is 25.8 Å². The van der Waals surface area contributed by atoms with E-state index < -0.39 is 23.4 Å². The van der Waals surface area contributed by atoms with Gasteiger partial charge in [0.05, 0.1) is 11.4 Å². The van der Waals surface area contributed by atoms with Crippen molar-refractivity contribution in [2.24, 2.45) is 0 Å². The molecule has 0 radical (unpaired) electrons. The lowest BCUT2D eigenvalue weighted by Crippen LogP contribution is -2.49. The first-order valence-electron chi connectivity index (χ1n) is 9.01. The van der Waals surface area contributed by atoms with E-state index >= 15 is 0 Å². The summed E-state index contributed by atoms with van der Waals surface area (Å²) in [5.74, 6) is -0.887. The molecule has 1 aliphatic heterocycles. The van der Waals surface area contributed by atoms with Gasteiger partial charge in [-0.1, -0.05) is 49.0 Å². The Balaban J connectivity index is 1.56. The molecule has 2 heterocycles. The number of benzene rings is 1. The zero-order valence-corrected chi connectivity index (χ0v) is 16.9. The summed E-state index contributed by atoms with van der Waals surface area (Å²) in [7, 11) is 0. The fourth-order valence-corrected chi connectivity index (χ4v) is 3.55. The van der Waals surface area contributed by atoms with Crippen LogP contribution in [0.4, 0.5) is 4.79 Å². The molecule has 0 bridgehead atoms. The number of carbonyl (C=O) groups is 3. The second kappa shape index (κ2) is 8.05. The van der Waals surface area contributed by atoms with Crippen LogP contribution in [0, 0.1) is 6.92 Å². The first-order chi connectivity index (χ1) is 13.3. The molecule has 1 atom stereocenters. The summed E-state index contributed by atoms with van der Waals surface area (Å²) >= 11 is 1.22. The zero-order valence-electron chi connectivity index (χ0n) is 16.0. The molecule has 0 saturated carbocycles. The lowest BCUT2D eigenvalue weighted by atomic mass is 10.00. The number of nitrogens with one attached hydrogen (secondary N) is 3. The first-order valence-corrected chi connectivity index (χ1v) is 9.99. The molecule has 3 rings (SSSR count). The third-order valence-corrected chi connectivity index (χ3v) is 5.60. The van der Waals surface area contributed by atoms with Crippen molar-refractivity contribution < 1.29 is 14.4 Å². The topological polar surface area (TPSA) is 107 Å². The highest BCUT2D eigenvalue weighted by Gasteiger charge is 2.47. The first kappa shape index (κ1) is 19.9. The number of H-pyrrole nitrogens is 1. The van der Waals surface area contributed by atoms with Crippen LogP contribution in [0.15, 0.2) is 35.5 Å². The molecule has 2 aromatic rings. The number of rotatable bonds is 7. The summed E-state index contributed by atoms with van der Waals surface area (Å²) in [5.41, 5.74) is 4.40. The van der Waals surface area contributed by atoms with Crippen LogP contribution < -0.4 is 10.7 Å². The van der Waals surface area contributed by atoms with Crippen molar-refractivity contribution >= 4 is 29.6 Å². The molecule has 1 aromatic carbocycles. The van der Waals surface area contributed by atoms with Crippen molar-refractivity contribution in [3.8, 4) is 0 Å². The quantitative estimate of drug-likeness (QED) is 0.487. The van der Waals surface area contributed by atoms with E-state index in [2.05, 4.69) is 20.7 Å². The molecular weight excluding hydrogens is 378 g/mol. The average molecular weight is 401 g/mol. The number of aromatic nitrogens is 2. The second-order valence-corrected chi connectivity index (χ2v) is 7.82. The number of imidazole rings is 1. The fraction of sp³-hybridized carbons (Fsp3) is 0.368. The molecule has 1 saturated heterocycles. The van der Waals surface area contributed by atoms with Crippen molar-refractivity contribution in [1.82, 2.24) is 25.7 Å². The maximum Gasteiger partial charge on any atom is 0.344 e. The van der Waals surface area contributed by atoms with E-state index in [0.717, 1.165) is 22.0 Å². The largest absolute Gasteiger partial charge is 0.344 e. The normalized spacial score (nSPS) is 19.0. The summed E-state index contributed by atoms with van der Waals surface area (Å²) in [6.45, 7) is 5.37. The molecule has 8 nitrogen and oxygen atoms in total. The second-order valence-electron chi connectivity index (χ2n) is 6.86. The van der Waals surface area contributed by atoms with Crippen LogP contribution in [-0.2, 0) is 16.0 Å². The molecule has 148 valence electrons. The van der Waals surface area contributed by atoms with Gasteiger partial charge in [0.25, 0.3) is 5.91 Å². The average Bonchev–Trinajstić information content (AvgIpc) is 3.13. The number of hydrogen-bond donors (Lipinski definition) is 3. The lowest BCUT2D eigenvalue weighted by molar-refractivity contribution is -0.137. The summed E-state index contributed by atoms with van der Waals surface area (Å²) in [6.07, 6.45) is 1.14. The van der Waals surface area contributed by atoms with E-state index in [0.29, 0.717) is 18.0 Å². The molecule has 4 amide bonds. The van der Waals surface area contributed by atoms with Crippen molar-refractivity contribution in [3.63, 3.8) is 0 Å². The monoisotopic (exact) mass is 401 g/mol. The van der Waals surface area contributed by atoms with E-state index in [1.54, 1.807) is 13.8 Å². The van der Waals surface area contributed by atoms with E-state index in [-0.39, 0.29) is 5.75 Å². The fourth-order valence-electron chi connectivity index (χ4n) is 2.81. The number of nitrogens with zero attached hydrogens (tertiary/aromatic N) is 2. The summed E-state index contributed by atoms with van der Waals surface area (Å²) < 4.78 is 0. The van der Waals surface area contributed by atoms with Crippen LogP contribution in [-0.4, -0.2) is 44.1 Å². The van der Waals surface area contributed by atoms with Gasteiger partial charge in [-0.2, -0.15) is 5.01 Å². The molecule has 1 fully saturated rings. The summed E-state index contributed by atoms with van der Waals surface area (Å²) in [6, 6.07) is 9.39. The van der Waals surface area contributed by atoms with Gasteiger partial charge >= 0.3 is 6.03 Å². The highest BCUT2D eigenvalue weighted by molar-refractivity contribution is 7.99. The van der Waals surface area contributed by atoms with E-state index in [1.807, 2.05) is 37.3 Å². The maximum absolute atomic E-state index is 12.3. The predicted molar refractivity (Wildman–Crippen MR) is 106 cm³/mol. The number of hydrazine groups is 1. The van der Waals surface area contributed by atoms with Crippen molar-refractivity contribution in [2.45, 2.75) is 44.3 Å². The molecule has 0 aliphatic carbocycles. The van der Waals surface area contributed by atoms with Crippen LogP contribution in [0.3, 0.4) is 0 Å². The summed E-state index contributed by atoms with van der Waals surface area (Å²) in [4.78, 5) is 44.2. The van der Waals surface area contributed by atoms with Crippen molar-refractivity contribution in [3.05, 3.63) is 47.3 Å². The SMILES string of the molecule is CCC1(C)NC(=O)N(NC(=O)CSc2nc(Cc3ccccc3)c(C)[nH]2)C1=O. The van der Waals surface area contributed by atoms with Crippen LogP contribution >= 0.6 is 11.8 Å². The van der Waals surface area contributed by atoms with Gasteiger partial charge in [0.1, 0.15) is 5.54 Å². The maximum atomic E-state index is 12.3. The number of amides is 4. The van der Waals surface area contributed by atoms with Crippen LogP contribution in [0.2, 0.25) is 0 Å². The Morgan fingerprint density at radius 3 is 2.64 bits per heavy atom. The standard InChI is InChI=1S/C19H23N5O3S/c1-4-19(3)16(26)24(18(27)22-19)23-15(25)11-28-17-20-12(2)14(21-17)10-13-8-6-5-7-9-13/h5-9H,4,10-11H2,1-3H3,(H,20,21)(H,22,27)(H,23,25). The minimum absolute atomic E-state index is 0.0254. The van der Waals surface area contributed by atoms with Gasteiger partial charge in [0.2, 0.25) is 5.91 Å². The molecule has 0 spiro atoms. The van der Waals surface area contributed by atoms with Crippen LogP contribution in [0.1, 0.15) is 37.2 Å². The minimum atomic E-state index is -0.984. The smallest absolute Gasteiger partial charge is 0.337 e. The predicted octanol–water partition coefficient (Wildman–Crippen LogP) is 2.15. The van der Waals surface area contributed by atoms with Crippen LogP contribution in [0.25, 0.3) is 0 Å². The molecule has 3 N–H and O–H groups in total. The Kier molecular flexibility index (Phi) is 5.73. The van der Waals surface area contributed by atoms with Gasteiger partial charge in [0.15, 0.2) is 5.16 Å². The van der Waals surface area contributed by atoms with Gasteiger partial charge in [-0.15, -0.1) is 0 Å². The highest BCUT2D eigenvalue weighted by Crippen LogP contribution is 2.21. The highest BCUT2D eigenvalue weighted by atomic mass is 32.2. The zero-order chi connectivity index (χ0) is 20.3. The molecule has 1 aromatic heterocycles. The number of thioether (sulfide) groups is 1. The molecular formula is C19H23N5O3S. The Labute approximate surface area is 167 Å². The number of carbonyl (C=O) groups excluding carboxylic acids is 3. The van der Waals surface area contributed by atoms with Gasteiger partial charge in [0, 0.05) is 12.1 Å². The Hall–Kier alpha value is -2.81. The third kappa shape index (κ3) is 4.19. The lowest BCUT2D eigenvalue weighted by Gasteiger charge is -2.19. The minimum Gasteiger partial charge on any atom is -0.337 e. The Bertz CT molecular complexity index is 898. The third-order valence-electron chi connectivity index (χ3n) is 4.72. The number of hydrogen-bond acceptors (Lipinski definition) is 5. The summed E-state index contributed by atoms with van der Waals surface area (Å²) in [5, 5.41) is 3.96. The van der Waals surface area contributed by atoms with Crippen molar-refractivity contribution in [2.75, 3.05) is 5.75 Å². The number of imide groups is 1. The Morgan fingerprint density at radius 2 is 2.00 bits per heavy atom. The number of urea groups is 1. The van der Waals surface area contributed by atoms with Crippen molar-refractivity contribution in [1.29, 1.82) is 0 Å². The molecule has 1 unspecified atom stereocenters. The van der Waals surface area contributed by atoms with Gasteiger partial charge < -0.3 is 10.3 Å². The Morgan fingerprint density at radius 1 is 1.29 bits per heavy atom.